The molecule has 0 saturated heterocycles. The number of hydrogen-bond acceptors (Lipinski definition) is 2. The molecule has 0 bridgehead atoms. The molecule has 0 aliphatic carbocycles. The second kappa shape index (κ2) is 10.1. The second-order valence-corrected chi connectivity index (χ2v) is 7.37. The van der Waals surface area contributed by atoms with Crippen LogP contribution in [0.5, 0.6) is 0 Å². The first-order valence-electron chi connectivity index (χ1n) is 10.4. The number of aromatic nitrogens is 2. The molecule has 0 radical (unpaired) electrons. The van der Waals surface area contributed by atoms with Crippen LogP contribution in [0, 0.1) is 5.82 Å². The summed E-state index contributed by atoms with van der Waals surface area (Å²) in [6, 6.07) is 13.4. The quantitative estimate of drug-likeness (QED) is 0.375. The summed E-state index contributed by atoms with van der Waals surface area (Å²) in [5.41, 5.74) is 4.70. The average Bonchev–Trinajstić information content (AvgIpc) is 2.73. The SMILES string of the molecule is CCCCCc1ccc(-c2ccc(-c3ncc(CCCC)cn3)cc2)c(F)c1. The van der Waals surface area contributed by atoms with Gasteiger partial charge in [0.05, 0.1) is 0 Å². The molecule has 0 spiro atoms. The van der Waals surface area contributed by atoms with Crippen molar-refractivity contribution in [1.29, 1.82) is 0 Å². The average molecular weight is 377 g/mol. The lowest BCUT2D eigenvalue weighted by Gasteiger charge is -2.08. The van der Waals surface area contributed by atoms with Crippen LogP contribution in [0.1, 0.15) is 57.1 Å². The van der Waals surface area contributed by atoms with Crippen LogP contribution in [0.3, 0.4) is 0 Å². The molecule has 3 aromatic rings. The molecule has 2 aromatic carbocycles. The maximum absolute atomic E-state index is 14.6. The summed E-state index contributed by atoms with van der Waals surface area (Å²) < 4.78 is 14.6. The number of rotatable bonds is 9. The molecule has 28 heavy (non-hydrogen) atoms. The Morgan fingerprint density at radius 2 is 1.36 bits per heavy atom. The molecular weight excluding hydrogens is 347 g/mol. The molecule has 0 aliphatic rings. The maximum Gasteiger partial charge on any atom is 0.159 e. The second-order valence-electron chi connectivity index (χ2n) is 7.37. The first-order valence-corrected chi connectivity index (χ1v) is 10.4. The van der Waals surface area contributed by atoms with E-state index in [2.05, 4.69) is 23.8 Å². The van der Waals surface area contributed by atoms with Gasteiger partial charge in [-0.2, -0.15) is 0 Å². The van der Waals surface area contributed by atoms with E-state index in [0.717, 1.165) is 42.4 Å². The van der Waals surface area contributed by atoms with Gasteiger partial charge in [0, 0.05) is 23.5 Å². The molecule has 0 amide bonds. The van der Waals surface area contributed by atoms with Gasteiger partial charge >= 0.3 is 0 Å². The molecule has 0 N–H and O–H groups in total. The highest BCUT2D eigenvalue weighted by Gasteiger charge is 2.08. The minimum atomic E-state index is -0.154. The zero-order valence-electron chi connectivity index (χ0n) is 16.9. The topological polar surface area (TPSA) is 25.8 Å². The van der Waals surface area contributed by atoms with E-state index >= 15 is 0 Å². The smallest absolute Gasteiger partial charge is 0.159 e. The molecule has 0 atom stereocenters. The molecular formula is C25H29FN2. The van der Waals surface area contributed by atoms with E-state index in [0.29, 0.717) is 11.4 Å². The van der Waals surface area contributed by atoms with Crippen molar-refractivity contribution in [2.24, 2.45) is 0 Å². The molecule has 2 nitrogen and oxygen atoms in total. The van der Waals surface area contributed by atoms with E-state index in [-0.39, 0.29) is 5.82 Å². The van der Waals surface area contributed by atoms with Gasteiger partial charge in [-0.25, -0.2) is 14.4 Å². The Bertz CT molecular complexity index is 870. The summed E-state index contributed by atoms with van der Waals surface area (Å²) in [7, 11) is 0. The minimum Gasteiger partial charge on any atom is -0.236 e. The Labute approximate surface area is 167 Å². The van der Waals surface area contributed by atoms with Crippen molar-refractivity contribution in [1.82, 2.24) is 9.97 Å². The van der Waals surface area contributed by atoms with Gasteiger partial charge in [-0.15, -0.1) is 0 Å². The molecule has 1 aromatic heterocycles. The molecule has 0 unspecified atom stereocenters. The fourth-order valence-corrected chi connectivity index (χ4v) is 3.34. The van der Waals surface area contributed by atoms with E-state index in [4.69, 9.17) is 0 Å². The van der Waals surface area contributed by atoms with Gasteiger partial charge in [-0.05, 0) is 48.4 Å². The van der Waals surface area contributed by atoms with Crippen molar-refractivity contribution < 1.29 is 4.39 Å². The Kier molecular flexibility index (Phi) is 7.30. The van der Waals surface area contributed by atoms with E-state index in [1.807, 2.05) is 48.8 Å². The number of benzene rings is 2. The Morgan fingerprint density at radius 3 is 2.00 bits per heavy atom. The highest BCUT2D eigenvalue weighted by atomic mass is 19.1. The van der Waals surface area contributed by atoms with Crippen molar-refractivity contribution in [2.75, 3.05) is 0 Å². The number of aryl methyl sites for hydroxylation is 2. The highest BCUT2D eigenvalue weighted by molar-refractivity contribution is 5.68. The standard InChI is InChI=1S/C25H29FN2/c1-3-5-7-9-19-10-15-23(24(26)16-19)21-11-13-22(14-12-21)25-27-17-20(18-28-25)8-6-4-2/h10-18H,3-9H2,1-2H3. The van der Waals surface area contributed by atoms with Crippen molar-refractivity contribution in [2.45, 2.75) is 58.8 Å². The van der Waals surface area contributed by atoms with Crippen molar-refractivity contribution in [3.63, 3.8) is 0 Å². The van der Waals surface area contributed by atoms with Gasteiger partial charge in [-0.1, -0.05) is 69.5 Å². The van der Waals surface area contributed by atoms with Crippen LogP contribution in [0.4, 0.5) is 4.39 Å². The van der Waals surface area contributed by atoms with E-state index < -0.39 is 0 Å². The molecule has 146 valence electrons. The third kappa shape index (κ3) is 5.25. The van der Waals surface area contributed by atoms with Crippen LogP contribution in [0.25, 0.3) is 22.5 Å². The van der Waals surface area contributed by atoms with E-state index in [9.17, 15) is 4.39 Å². The normalized spacial score (nSPS) is 11.0. The van der Waals surface area contributed by atoms with E-state index in [1.54, 1.807) is 6.07 Å². The van der Waals surface area contributed by atoms with Crippen molar-refractivity contribution >= 4 is 0 Å². The zero-order valence-corrected chi connectivity index (χ0v) is 16.9. The largest absolute Gasteiger partial charge is 0.236 e. The first-order chi connectivity index (χ1) is 13.7. The monoisotopic (exact) mass is 376 g/mol. The summed E-state index contributed by atoms with van der Waals surface area (Å²) >= 11 is 0. The van der Waals surface area contributed by atoms with Crippen LogP contribution in [-0.2, 0) is 12.8 Å². The van der Waals surface area contributed by atoms with E-state index in [1.165, 1.54) is 24.8 Å². The molecule has 3 rings (SSSR count). The van der Waals surface area contributed by atoms with Crippen molar-refractivity contribution in [3.8, 4) is 22.5 Å². The van der Waals surface area contributed by atoms with Crippen LogP contribution in [0.2, 0.25) is 0 Å². The van der Waals surface area contributed by atoms with Gasteiger partial charge < -0.3 is 0 Å². The number of halogens is 1. The van der Waals surface area contributed by atoms with Gasteiger partial charge in [-0.3, -0.25) is 0 Å². The predicted octanol–water partition coefficient (Wildman–Crippen LogP) is 7.03. The molecule has 0 fully saturated rings. The summed E-state index contributed by atoms with van der Waals surface area (Å²) in [4.78, 5) is 8.97. The first kappa shape index (κ1) is 20.2. The summed E-state index contributed by atoms with van der Waals surface area (Å²) in [6.45, 7) is 4.36. The van der Waals surface area contributed by atoms with Gasteiger partial charge in [0.25, 0.3) is 0 Å². The molecule has 1 heterocycles. The van der Waals surface area contributed by atoms with Crippen LogP contribution in [0.15, 0.2) is 54.9 Å². The minimum absolute atomic E-state index is 0.154. The number of hydrogen-bond donors (Lipinski definition) is 0. The fraction of sp³-hybridized carbons (Fsp3) is 0.360. The van der Waals surface area contributed by atoms with Crippen LogP contribution < -0.4 is 0 Å². The van der Waals surface area contributed by atoms with Gasteiger partial charge in [0.15, 0.2) is 5.82 Å². The van der Waals surface area contributed by atoms with Crippen molar-refractivity contribution in [3.05, 3.63) is 71.8 Å². The predicted molar refractivity (Wildman–Crippen MR) is 115 cm³/mol. The molecule has 0 aliphatic heterocycles. The Balaban J connectivity index is 1.71. The third-order valence-corrected chi connectivity index (χ3v) is 5.08. The summed E-state index contributed by atoms with van der Waals surface area (Å²) in [5.74, 6) is 0.553. The fourth-order valence-electron chi connectivity index (χ4n) is 3.34. The Hall–Kier alpha value is -2.55. The van der Waals surface area contributed by atoms with Crippen LogP contribution >= 0.6 is 0 Å². The Morgan fingerprint density at radius 1 is 0.714 bits per heavy atom. The molecule has 3 heteroatoms. The molecule has 0 saturated carbocycles. The summed E-state index contributed by atoms with van der Waals surface area (Å²) in [6.07, 6.45) is 11.6. The summed E-state index contributed by atoms with van der Waals surface area (Å²) in [5, 5.41) is 0. The van der Waals surface area contributed by atoms with Crippen LogP contribution in [-0.4, -0.2) is 9.97 Å². The number of nitrogens with zero attached hydrogens (tertiary/aromatic N) is 2. The lowest BCUT2D eigenvalue weighted by molar-refractivity contribution is 0.626. The third-order valence-electron chi connectivity index (χ3n) is 5.08. The van der Waals surface area contributed by atoms with Gasteiger partial charge in [0.1, 0.15) is 5.82 Å². The zero-order chi connectivity index (χ0) is 19.8. The van der Waals surface area contributed by atoms with Gasteiger partial charge in [0.2, 0.25) is 0 Å². The lowest BCUT2D eigenvalue weighted by atomic mass is 9.99. The number of unbranched alkanes of at least 4 members (excludes halogenated alkanes) is 3. The highest BCUT2D eigenvalue weighted by Crippen LogP contribution is 2.26. The lowest BCUT2D eigenvalue weighted by Crippen LogP contribution is -1.93. The maximum atomic E-state index is 14.6.